The molecular weight excluding hydrogens is 240 g/mol. The first-order valence-corrected chi connectivity index (χ1v) is 6.78. The Hall–Kier alpha value is -1.77. The van der Waals surface area contributed by atoms with E-state index in [0.717, 1.165) is 36.8 Å². The van der Waals surface area contributed by atoms with Crippen LogP contribution < -0.4 is 0 Å². The van der Waals surface area contributed by atoms with Crippen LogP contribution in [0.2, 0.25) is 0 Å². The molecule has 0 fully saturated rings. The molecule has 0 atom stereocenters. The van der Waals surface area contributed by atoms with Crippen LogP contribution in [0.15, 0.2) is 30.0 Å². The summed E-state index contributed by atoms with van der Waals surface area (Å²) in [7, 11) is 0. The summed E-state index contributed by atoms with van der Waals surface area (Å²) < 4.78 is 5.35. The van der Waals surface area contributed by atoms with Crippen LogP contribution in [-0.2, 0) is 9.53 Å². The SMILES string of the molecule is CCCCCCOC(=Cc1ccc(C)cc1)C(=O)O. The number of benzene rings is 1. The number of carboxylic acid groups (broad SMARTS) is 1. The topological polar surface area (TPSA) is 46.5 Å². The summed E-state index contributed by atoms with van der Waals surface area (Å²) in [5.74, 6) is -1.00. The number of carbonyl (C=O) groups is 1. The average Bonchev–Trinajstić information content (AvgIpc) is 2.39. The molecule has 0 spiro atoms. The second-order valence-corrected chi connectivity index (χ2v) is 4.63. The molecule has 0 aromatic heterocycles. The van der Waals surface area contributed by atoms with Gasteiger partial charge in [-0.25, -0.2) is 4.79 Å². The number of rotatable bonds is 8. The van der Waals surface area contributed by atoms with Gasteiger partial charge in [0.25, 0.3) is 0 Å². The van der Waals surface area contributed by atoms with Gasteiger partial charge >= 0.3 is 5.97 Å². The van der Waals surface area contributed by atoms with Crippen LogP contribution >= 0.6 is 0 Å². The highest BCUT2D eigenvalue weighted by atomic mass is 16.5. The highest BCUT2D eigenvalue weighted by molar-refractivity contribution is 5.89. The minimum Gasteiger partial charge on any atom is -0.487 e. The number of hydrogen-bond acceptors (Lipinski definition) is 2. The second-order valence-electron chi connectivity index (χ2n) is 4.63. The number of aryl methyl sites for hydroxylation is 1. The maximum absolute atomic E-state index is 11.1. The maximum Gasteiger partial charge on any atom is 0.371 e. The summed E-state index contributed by atoms with van der Waals surface area (Å²) in [6.45, 7) is 4.60. The Morgan fingerprint density at radius 2 is 1.89 bits per heavy atom. The average molecular weight is 262 g/mol. The Kier molecular flexibility index (Phi) is 6.72. The molecule has 0 aliphatic carbocycles. The Morgan fingerprint density at radius 1 is 1.21 bits per heavy atom. The van der Waals surface area contributed by atoms with E-state index in [1.807, 2.05) is 31.2 Å². The van der Waals surface area contributed by atoms with Crippen molar-refractivity contribution in [3.63, 3.8) is 0 Å². The lowest BCUT2D eigenvalue weighted by molar-refractivity contribution is -0.136. The van der Waals surface area contributed by atoms with Gasteiger partial charge in [0.05, 0.1) is 6.61 Å². The van der Waals surface area contributed by atoms with Crippen molar-refractivity contribution in [3.8, 4) is 0 Å². The quantitative estimate of drug-likeness (QED) is 0.437. The molecule has 0 aliphatic rings. The van der Waals surface area contributed by atoms with Gasteiger partial charge in [-0.3, -0.25) is 0 Å². The van der Waals surface area contributed by atoms with Crippen LogP contribution in [0, 0.1) is 6.92 Å². The maximum atomic E-state index is 11.1. The van der Waals surface area contributed by atoms with Gasteiger partial charge in [0.15, 0.2) is 0 Å². The van der Waals surface area contributed by atoms with Crippen molar-refractivity contribution in [1.29, 1.82) is 0 Å². The third-order valence-electron chi connectivity index (χ3n) is 2.84. The Morgan fingerprint density at radius 3 is 2.47 bits per heavy atom. The third kappa shape index (κ3) is 6.09. The van der Waals surface area contributed by atoms with Crippen LogP contribution in [0.5, 0.6) is 0 Å². The molecule has 0 heterocycles. The molecule has 0 saturated heterocycles. The van der Waals surface area contributed by atoms with Crippen LogP contribution in [-0.4, -0.2) is 17.7 Å². The van der Waals surface area contributed by atoms with E-state index in [9.17, 15) is 4.79 Å². The van der Waals surface area contributed by atoms with Gasteiger partial charge in [-0.2, -0.15) is 0 Å². The number of unbranched alkanes of at least 4 members (excludes halogenated alkanes) is 3. The number of aliphatic carboxylic acids is 1. The first-order chi connectivity index (χ1) is 9.13. The largest absolute Gasteiger partial charge is 0.487 e. The standard InChI is InChI=1S/C16H22O3/c1-3-4-5-6-11-19-15(16(17)18)12-14-9-7-13(2)8-10-14/h7-10,12H,3-6,11H2,1-2H3,(H,17,18). The Balaban J connectivity index is 2.56. The van der Waals surface area contributed by atoms with E-state index in [1.165, 1.54) is 0 Å². The van der Waals surface area contributed by atoms with Crippen LogP contribution in [0.4, 0.5) is 0 Å². The summed E-state index contributed by atoms with van der Waals surface area (Å²) in [5.41, 5.74) is 1.99. The van der Waals surface area contributed by atoms with E-state index in [4.69, 9.17) is 9.84 Å². The molecule has 1 aromatic carbocycles. The Labute approximate surface area is 114 Å². The molecule has 3 heteroatoms. The van der Waals surface area contributed by atoms with Gasteiger partial charge in [-0.1, -0.05) is 56.0 Å². The zero-order valence-electron chi connectivity index (χ0n) is 11.7. The minimum atomic E-state index is -1.02. The molecule has 0 amide bonds. The Bertz CT molecular complexity index is 418. The van der Waals surface area contributed by atoms with Crippen molar-refractivity contribution in [1.82, 2.24) is 0 Å². The van der Waals surface area contributed by atoms with E-state index in [0.29, 0.717) is 6.61 Å². The van der Waals surface area contributed by atoms with Gasteiger partial charge in [-0.15, -0.1) is 0 Å². The molecule has 3 nitrogen and oxygen atoms in total. The van der Waals surface area contributed by atoms with Crippen molar-refractivity contribution < 1.29 is 14.6 Å². The number of ether oxygens (including phenoxy) is 1. The van der Waals surface area contributed by atoms with Crippen molar-refractivity contribution in [2.24, 2.45) is 0 Å². The molecule has 0 aliphatic heterocycles. The molecule has 1 N–H and O–H groups in total. The monoisotopic (exact) mass is 262 g/mol. The predicted octanol–water partition coefficient (Wildman–Crippen LogP) is 4.02. The lowest BCUT2D eigenvalue weighted by Crippen LogP contribution is -2.06. The molecule has 19 heavy (non-hydrogen) atoms. The molecule has 1 rings (SSSR count). The van der Waals surface area contributed by atoms with Crippen LogP contribution in [0.3, 0.4) is 0 Å². The van der Waals surface area contributed by atoms with Crippen LogP contribution in [0.25, 0.3) is 6.08 Å². The number of carboxylic acids is 1. The summed E-state index contributed by atoms with van der Waals surface area (Å²) in [4.78, 5) is 11.1. The minimum absolute atomic E-state index is 0.0142. The van der Waals surface area contributed by atoms with Gasteiger partial charge in [0, 0.05) is 0 Å². The zero-order chi connectivity index (χ0) is 14.1. The summed E-state index contributed by atoms with van der Waals surface area (Å²) in [6, 6.07) is 7.68. The third-order valence-corrected chi connectivity index (χ3v) is 2.84. The van der Waals surface area contributed by atoms with Crippen molar-refractivity contribution in [2.45, 2.75) is 39.5 Å². The first-order valence-electron chi connectivity index (χ1n) is 6.78. The smallest absolute Gasteiger partial charge is 0.371 e. The van der Waals surface area contributed by atoms with Gasteiger partial charge in [0.2, 0.25) is 5.76 Å². The predicted molar refractivity (Wildman–Crippen MR) is 76.9 cm³/mol. The van der Waals surface area contributed by atoms with E-state index in [2.05, 4.69) is 6.92 Å². The highest BCUT2D eigenvalue weighted by Crippen LogP contribution is 2.11. The lowest BCUT2D eigenvalue weighted by Gasteiger charge is -2.06. The van der Waals surface area contributed by atoms with E-state index in [-0.39, 0.29) is 5.76 Å². The normalized spacial score (nSPS) is 11.4. The van der Waals surface area contributed by atoms with Crippen molar-refractivity contribution in [2.75, 3.05) is 6.61 Å². The molecule has 104 valence electrons. The summed E-state index contributed by atoms with van der Waals surface area (Å²) in [6.07, 6.45) is 5.86. The fraction of sp³-hybridized carbons (Fsp3) is 0.438. The lowest BCUT2D eigenvalue weighted by atomic mass is 10.1. The van der Waals surface area contributed by atoms with Crippen molar-refractivity contribution >= 4 is 12.0 Å². The zero-order valence-corrected chi connectivity index (χ0v) is 11.7. The highest BCUT2D eigenvalue weighted by Gasteiger charge is 2.08. The fourth-order valence-corrected chi connectivity index (χ4v) is 1.69. The van der Waals surface area contributed by atoms with E-state index >= 15 is 0 Å². The van der Waals surface area contributed by atoms with Gasteiger partial charge in [0.1, 0.15) is 0 Å². The summed E-state index contributed by atoms with van der Waals surface area (Å²) >= 11 is 0. The molecular formula is C16H22O3. The summed E-state index contributed by atoms with van der Waals surface area (Å²) in [5, 5.41) is 9.10. The van der Waals surface area contributed by atoms with Gasteiger partial charge in [-0.05, 0) is 25.0 Å². The van der Waals surface area contributed by atoms with E-state index in [1.54, 1.807) is 6.08 Å². The first kappa shape index (κ1) is 15.3. The second kappa shape index (κ2) is 8.35. The van der Waals surface area contributed by atoms with Crippen LogP contribution in [0.1, 0.15) is 43.7 Å². The van der Waals surface area contributed by atoms with E-state index < -0.39 is 5.97 Å². The molecule has 0 bridgehead atoms. The molecule has 1 aromatic rings. The van der Waals surface area contributed by atoms with Crippen molar-refractivity contribution in [3.05, 3.63) is 41.2 Å². The van der Waals surface area contributed by atoms with Gasteiger partial charge < -0.3 is 9.84 Å². The molecule has 0 saturated carbocycles. The molecule has 0 radical (unpaired) electrons. The fourth-order valence-electron chi connectivity index (χ4n) is 1.69. The number of hydrogen-bond donors (Lipinski definition) is 1. The molecule has 0 unspecified atom stereocenters.